The molecule has 0 aliphatic carbocycles. The molecule has 1 aliphatic heterocycles. The third-order valence-corrected chi connectivity index (χ3v) is 5.25. The molecule has 8 heteroatoms. The third-order valence-electron chi connectivity index (χ3n) is 5.25. The number of carbonyl (C=O) groups excluding carboxylic acids is 1. The molecule has 0 bridgehead atoms. The van der Waals surface area contributed by atoms with Crippen molar-refractivity contribution in [2.75, 3.05) is 13.1 Å². The van der Waals surface area contributed by atoms with E-state index in [1.807, 2.05) is 54.6 Å². The maximum absolute atomic E-state index is 12.7. The first-order valence-electron chi connectivity index (χ1n) is 10.1. The molecule has 1 saturated heterocycles. The fraction of sp³-hybridized carbons (Fsp3) is 0.217. The van der Waals surface area contributed by atoms with Crippen LogP contribution in [-0.4, -0.2) is 49.9 Å². The maximum Gasteiger partial charge on any atom is 0.262 e. The lowest BCUT2D eigenvalue weighted by molar-refractivity contribution is 0.0772. The number of aryl methyl sites for hydroxylation is 1. The van der Waals surface area contributed by atoms with Gasteiger partial charge in [-0.15, -0.1) is 0 Å². The van der Waals surface area contributed by atoms with Gasteiger partial charge in [-0.05, 0) is 12.1 Å². The van der Waals surface area contributed by atoms with Crippen LogP contribution >= 0.6 is 0 Å². The first-order chi connectivity index (χ1) is 15.2. The highest BCUT2D eigenvalue weighted by molar-refractivity contribution is 5.93. The molecule has 0 spiro atoms. The highest BCUT2D eigenvalue weighted by atomic mass is 16.5. The van der Waals surface area contributed by atoms with Crippen LogP contribution in [0.15, 0.2) is 71.5 Å². The van der Waals surface area contributed by atoms with Crippen molar-refractivity contribution >= 4 is 5.91 Å². The lowest BCUT2D eigenvalue weighted by Crippen LogP contribution is -2.30. The molecule has 156 valence electrons. The van der Waals surface area contributed by atoms with Gasteiger partial charge in [-0.3, -0.25) is 9.48 Å². The van der Waals surface area contributed by atoms with Crippen LogP contribution in [-0.2, 0) is 7.05 Å². The summed E-state index contributed by atoms with van der Waals surface area (Å²) in [5, 5.41) is 8.18. The zero-order chi connectivity index (χ0) is 21.2. The molecule has 5 rings (SSSR count). The summed E-state index contributed by atoms with van der Waals surface area (Å²) in [6.45, 7) is 1.15. The number of nitrogens with zero attached hydrogens (tertiary/aromatic N) is 5. The number of hydrogen-bond donors (Lipinski definition) is 0. The lowest BCUT2D eigenvalue weighted by Gasteiger charge is -2.17. The summed E-state index contributed by atoms with van der Waals surface area (Å²) in [5.41, 5.74) is 2.20. The van der Waals surface area contributed by atoms with E-state index in [4.69, 9.17) is 9.26 Å². The Morgan fingerprint density at radius 2 is 1.94 bits per heavy atom. The van der Waals surface area contributed by atoms with E-state index in [2.05, 4.69) is 15.2 Å². The predicted octanol–water partition coefficient (Wildman–Crippen LogP) is 3.43. The Kier molecular flexibility index (Phi) is 4.95. The Labute approximate surface area is 179 Å². The quantitative estimate of drug-likeness (QED) is 0.496. The molecule has 2 aromatic heterocycles. The number of amides is 1. The third kappa shape index (κ3) is 3.92. The molecule has 3 heterocycles. The topological polar surface area (TPSA) is 86.3 Å². The van der Waals surface area contributed by atoms with Gasteiger partial charge in [-0.2, -0.15) is 10.1 Å². The SMILES string of the molecule is Cn1cc(C(=O)N2CCC(Oc3ccccc3-c3nc(-c4ccccc4)no3)C2)cn1. The Bertz CT molecular complexity index is 1200. The van der Waals surface area contributed by atoms with E-state index in [0.29, 0.717) is 36.1 Å². The van der Waals surface area contributed by atoms with E-state index in [1.165, 1.54) is 0 Å². The number of rotatable bonds is 5. The number of likely N-dealkylation sites (tertiary alicyclic amines) is 1. The van der Waals surface area contributed by atoms with Crippen LogP contribution in [0.1, 0.15) is 16.8 Å². The minimum Gasteiger partial charge on any atom is -0.488 e. The van der Waals surface area contributed by atoms with Gasteiger partial charge < -0.3 is 14.2 Å². The molecular weight excluding hydrogens is 394 g/mol. The van der Waals surface area contributed by atoms with Crippen molar-refractivity contribution in [2.24, 2.45) is 7.05 Å². The van der Waals surface area contributed by atoms with Crippen LogP contribution in [0.3, 0.4) is 0 Å². The monoisotopic (exact) mass is 415 g/mol. The van der Waals surface area contributed by atoms with E-state index in [-0.39, 0.29) is 12.0 Å². The Morgan fingerprint density at radius 3 is 2.74 bits per heavy atom. The van der Waals surface area contributed by atoms with Crippen LogP contribution < -0.4 is 4.74 Å². The van der Waals surface area contributed by atoms with Gasteiger partial charge in [0.15, 0.2) is 0 Å². The minimum atomic E-state index is -0.113. The standard InChI is InChI=1S/C23H21N5O3/c1-27-14-17(13-24-27)23(29)28-12-11-18(15-28)30-20-10-6-5-9-19(20)22-25-21(26-31-22)16-7-3-2-4-8-16/h2-10,13-14,18H,11-12,15H2,1H3. The van der Waals surface area contributed by atoms with E-state index in [9.17, 15) is 4.79 Å². The number of ether oxygens (including phenoxy) is 1. The Balaban J connectivity index is 1.32. The summed E-state index contributed by atoms with van der Waals surface area (Å²) < 4.78 is 13.4. The number of para-hydroxylation sites is 1. The van der Waals surface area contributed by atoms with Gasteiger partial charge in [0.2, 0.25) is 5.82 Å². The van der Waals surface area contributed by atoms with Crippen LogP contribution in [0.25, 0.3) is 22.8 Å². The number of benzene rings is 2. The van der Waals surface area contributed by atoms with Crippen LogP contribution in [0.5, 0.6) is 5.75 Å². The average Bonchev–Trinajstić information content (AvgIpc) is 3.55. The molecule has 1 amide bonds. The number of hydrogen-bond acceptors (Lipinski definition) is 6. The van der Waals surface area contributed by atoms with Gasteiger partial charge in [0.05, 0.1) is 23.9 Å². The normalized spacial score (nSPS) is 15.9. The van der Waals surface area contributed by atoms with Crippen molar-refractivity contribution in [2.45, 2.75) is 12.5 Å². The van der Waals surface area contributed by atoms with E-state index in [0.717, 1.165) is 17.5 Å². The van der Waals surface area contributed by atoms with Gasteiger partial charge in [0.25, 0.3) is 11.8 Å². The van der Waals surface area contributed by atoms with Gasteiger partial charge in [-0.25, -0.2) is 0 Å². The summed E-state index contributed by atoms with van der Waals surface area (Å²) in [6, 6.07) is 17.3. The second-order valence-electron chi connectivity index (χ2n) is 7.47. The van der Waals surface area contributed by atoms with Crippen LogP contribution in [0.4, 0.5) is 0 Å². The summed E-state index contributed by atoms with van der Waals surface area (Å²) in [5.74, 6) is 1.55. The van der Waals surface area contributed by atoms with Crippen molar-refractivity contribution in [1.29, 1.82) is 0 Å². The molecule has 1 fully saturated rings. The van der Waals surface area contributed by atoms with Gasteiger partial charge in [0, 0.05) is 31.8 Å². The highest BCUT2D eigenvalue weighted by Gasteiger charge is 2.29. The van der Waals surface area contributed by atoms with Crippen molar-refractivity contribution in [3.63, 3.8) is 0 Å². The molecule has 8 nitrogen and oxygen atoms in total. The average molecular weight is 415 g/mol. The molecule has 31 heavy (non-hydrogen) atoms. The van der Waals surface area contributed by atoms with Crippen LogP contribution in [0.2, 0.25) is 0 Å². The first-order valence-corrected chi connectivity index (χ1v) is 10.1. The number of carbonyl (C=O) groups is 1. The van der Waals surface area contributed by atoms with Crippen molar-refractivity contribution in [1.82, 2.24) is 24.8 Å². The molecule has 0 radical (unpaired) electrons. The van der Waals surface area contributed by atoms with Crippen molar-refractivity contribution < 1.29 is 14.1 Å². The van der Waals surface area contributed by atoms with E-state index < -0.39 is 0 Å². The van der Waals surface area contributed by atoms with Crippen molar-refractivity contribution in [3.8, 4) is 28.6 Å². The summed E-state index contributed by atoms with van der Waals surface area (Å²) in [6.07, 6.45) is 3.95. The van der Waals surface area contributed by atoms with Gasteiger partial charge in [0.1, 0.15) is 11.9 Å². The molecule has 1 unspecified atom stereocenters. The fourth-order valence-electron chi connectivity index (χ4n) is 3.69. The fourth-order valence-corrected chi connectivity index (χ4v) is 3.69. The molecule has 0 saturated carbocycles. The lowest BCUT2D eigenvalue weighted by atomic mass is 10.2. The second-order valence-corrected chi connectivity index (χ2v) is 7.47. The van der Waals surface area contributed by atoms with E-state index >= 15 is 0 Å². The summed E-state index contributed by atoms with van der Waals surface area (Å²) in [7, 11) is 1.80. The smallest absolute Gasteiger partial charge is 0.262 e. The summed E-state index contributed by atoms with van der Waals surface area (Å²) >= 11 is 0. The Hall–Kier alpha value is -3.94. The van der Waals surface area contributed by atoms with Crippen molar-refractivity contribution in [3.05, 3.63) is 72.6 Å². The maximum atomic E-state index is 12.7. The van der Waals surface area contributed by atoms with Gasteiger partial charge in [-0.1, -0.05) is 47.6 Å². The molecule has 1 aliphatic rings. The molecule has 4 aromatic rings. The highest BCUT2D eigenvalue weighted by Crippen LogP contribution is 2.32. The molecular formula is C23H21N5O3. The zero-order valence-corrected chi connectivity index (χ0v) is 17.0. The molecule has 2 aromatic carbocycles. The molecule has 1 atom stereocenters. The zero-order valence-electron chi connectivity index (χ0n) is 17.0. The predicted molar refractivity (Wildman–Crippen MR) is 113 cm³/mol. The second kappa shape index (κ2) is 8.06. The summed E-state index contributed by atoms with van der Waals surface area (Å²) in [4.78, 5) is 19.0. The first kappa shape index (κ1) is 19.0. The van der Waals surface area contributed by atoms with Crippen LogP contribution in [0, 0.1) is 0 Å². The van der Waals surface area contributed by atoms with Gasteiger partial charge >= 0.3 is 0 Å². The largest absolute Gasteiger partial charge is 0.488 e. The minimum absolute atomic E-state index is 0.0307. The Morgan fingerprint density at radius 1 is 1.13 bits per heavy atom. The molecule has 0 N–H and O–H groups in total. The van der Waals surface area contributed by atoms with E-state index in [1.54, 1.807) is 29.0 Å². The number of aromatic nitrogens is 4.